The van der Waals surface area contributed by atoms with Gasteiger partial charge in [-0.3, -0.25) is 8.58 Å². The molecule has 0 bridgehead atoms. The molecular formula is C17H13F7N4O3S. The highest BCUT2D eigenvalue weighted by Gasteiger charge is 2.42. The van der Waals surface area contributed by atoms with E-state index in [2.05, 4.69) is 19.7 Å². The summed E-state index contributed by atoms with van der Waals surface area (Å²) >= 11 is 0.495. The molecule has 0 aliphatic heterocycles. The van der Waals surface area contributed by atoms with Gasteiger partial charge in [0.1, 0.15) is 11.3 Å². The molecule has 0 aromatic carbocycles. The lowest BCUT2D eigenvalue weighted by Crippen LogP contribution is -2.33. The summed E-state index contributed by atoms with van der Waals surface area (Å²) in [6.45, 7) is 0.279. The first-order valence-corrected chi connectivity index (χ1v) is 9.36. The minimum absolute atomic E-state index is 0.0117. The summed E-state index contributed by atoms with van der Waals surface area (Å²) in [6.07, 6.45) is -5.88. The van der Waals surface area contributed by atoms with E-state index in [1.807, 2.05) is 0 Å². The van der Waals surface area contributed by atoms with Gasteiger partial charge in [0, 0.05) is 6.20 Å². The molecule has 0 fully saturated rings. The van der Waals surface area contributed by atoms with Crippen molar-refractivity contribution in [3.63, 3.8) is 0 Å². The van der Waals surface area contributed by atoms with Crippen LogP contribution in [0.2, 0.25) is 0 Å². The van der Waals surface area contributed by atoms with Crippen molar-refractivity contribution in [1.82, 2.24) is 19.4 Å². The summed E-state index contributed by atoms with van der Waals surface area (Å²) < 4.78 is 106. The number of fused-ring (bicyclic) bond motifs is 1. The maximum atomic E-state index is 13.1. The van der Waals surface area contributed by atoms with Crippen LogP contribution < -0.4 is 8.92 Å². The van der Waals surface area contributed by atoms with Crippen LogP contribution in [0.3, 0.4) is 0 Å². The summed E-state index contributed by atoms with van der Waals surface area (Å²) in [5.74, 6) is -5.02. The molecule has 3 aromatic rings. The Labute approximate surface area is 179 Å². The molecule has 0 saturated carbocycles. The van der Waals surface area contributed by atoms with Gasteiger partial charge < -0.3 is 8.92 Å². The molecule has 32 heavy (non-hydrogen) atoms. The molecule has 0 aliphatic rings. The van der Waals surface area contributed by atoms with Gasteiger partial charge in [0.25, 0.3) is 0 Å². The van der Waals surface area contributed by atoms with Crippen molar-refractivity contribution >= 4 is 18.0 Å². The number of nitrogens with zero attached hydrogens (tertiary/aromatic N) is 4. The number of pyridine rings is 1. The zero-order valence-electron chi connectivity index (χ0n) is 15.9. The Balaban J connectivity index is 1.93. The summed E-state index contributed by atoms with van der Waals surface area (Å²) in [4.78, 5) is 11.8. The number of ether oxygens (including phenoxy) is 1. The van der Waals surface area contributed by atoms with Gasteiger partial charge in [0.2, 0.25) is 24.1 Å². The second-order valence-corrected chi connectivity index (χ2v) is 6.60. The molecule has 0 spiro atoms. The SMILES string of the molecule is CCOSOc1c(-c2cnc(OCC(F)(F)C(F)F)cn2)nc2ccc(C(F)(F)F)cn12. The Hall–Kier alpha value is -2.81. The zero-order chi connectivity index (χ0) is 23.5. The van der Waals surface area contributed by atoms with Gasteiger partial charge in [0.15, 0.2) is 12.3 Å². The van der Waals surface area contributed by atoms with E-state index in [1.165, 1.54) is 0 Å². The molecule has 174 valence electrons. The van der Waals surface area contributed by atoms with E-state index in [-0.39, 0.29) is 29.5 Å². The Morgan fingerprint density at radius 2 is 1.84 bits per heavy atom. The van der Waals surface area contributed by atoms with Crippen molar-refractivity contribution in [2.45, 2.75) is 25.4 Å². The van der Waals surface area contributed by atoms with Crippen LogP contribution >= 0.6 is 12.3 Å². The fourth-order valence-electron chi connectivity index (χ4n) is 2.29. The van der Waals surface area contributed by atoms with E-state index in [4.69, 9.17) is 8.37 Å². The van der Waals surface area contributed by atoms with E-state index in [9.17, 15) is 30.7 Å². The van der Waals surface area contributed by atoms with E-state index in [1.54, 1.807) is 6.92 Å². The molecule has 0 atom stereocenters. The van der Waals surface area contributed by atoms with Crippen LogP contribution in [0.25, 0.3) is 17.0 Å². The average Bonchev–Trinajstić information content (AvgIpc) is 3.10. The van der Waals surface area contributed by atoms with Gasteiger partial charge in [-0.25, -0.2) is 23.7 Å². The number of rotatable bonds is 9. The molecule has 0 aliphatic carbocycles. The first kappa shape index (κ1) is 23.8. The van der Waals surface area contributed by atoms with Crippen LogP contribution in [0, 0.1) is 0 Å². The second-order valence-electron chi connectivity index (χ2n) is 6.06. The number of halogens is 7. The predicted octanol–water partition coefficient (Wildman–Crippen LogP) is 5.07. The Kier molecular flexibility index (Phi) is 6.97. The fourth-order valence-corrected chi connectivity index (χ4v) is 2.66. The third kappa shape index (κ3) is 5.32. The monoisotopic (exact) mass is 486 g/mol. The first-order valence-electron chi connectivity index (χ1n) is 8.69. The Morgan fingerprint density at radius 3 is 2.44 bits per heavy atom. The largest absolute Gasteiger partial charge is 0.470 e. The van der Waals surface area contributed by atoms with Crippen molar-refractivity contribution in [3.05, 3.63) is 36.3 Å². The van der Waals surface area contributed by atoms with Crippen LogP contribution in [0.5, 0.6) is 11.8 Å². The van der Waals surface area contributed by atoms with Crippen LogP contribution in [0.1, 0.15) is 12.5 Å². The summed E-state index contributed by atoms with van der Waals surface area (Å²) in [6, 6.07) is 1.94. The second kappa shape index (κ2) is 9.36. The standard InChI is InChI=1S/C17H13F7N4O3S/c1-2-30-32-31-14-13(27-11-4-3-9(7-28(11)14)17(22,23)24)10-5-26-12(6-25-10)29-8-16(20,21)15(18)19/h3-7,15H,2,8H2,1H3. The summed E-state index contributed by atoms with van der Waals surface area (Å²) in [5.41, 5.74) is -0.926. The van der Waals surface area contributed by atoms with Gasteiger partial charge >= 0.3 is 18.5 Å². The molecule has 0 N–H and O–H groups in total. The average molecular weight is 486 g/mol. The number of hydrogen-bond acceptors (Lipinski definition) is 7. The predicted molar refractivity (Wildman–Crippen MR) is 97.5 cm³/mol. The normalized spacial score (nSPS) is 12.5. The van der Waals surface area contributed by atoms with Gasteiger partial charge in [-0.1, -0.05) is 0 Å². The van der Waals surface area contributed by atoms with Crippen molar-refractivity contribution in [1.29, 1.82) is 0 Å². The van der Waals surface area contributed by atoms with Crippen LogP contribution in [0.15, 0.2) is 30.7 Å². The molecule has 0 amide bonds. The van der Waals surface area contributed by atoms with Gasteiger partial charge in [-0.15, -0.1) is 0 Å². The smallest absolute Gasteiger partial charge is 0.417 e. The molecular weight excluding hydrogens is 473 g/mol. The minimum atomic E-state index is -4.62. The molecule has 7 nitrogen and oxygen atoms in total. The summed E-state index contributed by atoms with van der Waals surface area (Å²) in [7, 11) is 0. The number of imidazole rings is 1. The van der Waals surface area contributed by atoms with Crippen molar-refractivity contribution < 1.29 is 43.8 Å². The lowest BCUT2D eigenvalue weighted by Gasteiger charge is -2.15. The molecule has 3 aromatic heterocycles. The van der Waals surface area contributed by atoms with Gasteiger partial charge in [-0.05, 0) is 19.1 Å². The number of aromatic nitrogens is 4. The Bertz CT molecular complexity index is 1060. The van der Waals surface area contributed by atoms with Gasteiger partial charge in [0.05, 0.1) is 24.6 Å². The molecule has 0 radical (unpaired) electrons. The lowest BCUT2D eigenvalue weighted by molar-refractivity contribution is -0.148. The quantitative estimate of drug-likeness (QED) is 0.238. The van der Waals surface area contributed by atoms with Crippen LogP contribution in [0.4, 0.5) is 30.7 Å². The van der Waals surface area contributed by atoms with E-state index >= 15 is 0 Å². The van der Waals surface area contributed by atoms with Crippen molar-refractivity contribution in [2.75, 3.05) is 13.2 Å². The van der Waals surface area contributed by atoms with Gasteiger partial charge in [-0.2, -0.15) is 22.0 Å². The van der Waals surface area contributed by atoms with Crippen molar-refractivity contribution in [2.24, 2.45) is 0 Å². The van der Waals surface area contributed by atoms with Crippen LogP contribution in [-0.2, 0) is 10.4 Å². The number of alkyl halides is 7. The van der Waals surface area contributed by atoms with E-state index in [0.29, 0.717) is 12.3 Å². The molecule has 0 saturated heterocycles. The number of hydrogen-bond donors (Lipinski definition) is 0. The summed E-state index contributed by atoms with van der Waals surface area (Å²) in [5, 5.41) is 0. The highest BCUT2D eigenvalue weighted by molar-refractivity contribution is 7.90. The fraction of sp³-hybridized carbons (Fsp3) is 0.353. The van der Waals surface area contributed by atoms with Crippen LogP contribution in [-0.4, -0.2) is 44.9 Å². The molecule has 3 rings (SSSR count). The van der Waals surface area contributed by atoms with Crippen molar-refractivity contribution in [3.8, 4) is 23.1 Å². The van der Waals surface area contributed by atoms with E-state index in [0.717, 1.165) is 35.1 Å². The maximum Gasteiger partial charge on any atom is 0.417 e. The highest BCUT2D eigenvalue weighted by Crippen LogP contribution is 2.35. The molecule has 0 unspecified atom stereocenters. The first-order chi connectivity index (χ1) is 15.0. The third-order valence-electron chi connectivity index (χ3n) is 3.78. The molecule has 15 heteroatoms. The molecule has 3 heterocycles. The topological polar surface area (TPSA) is 70.8 Å². The minimum Gasteiger partial charge on any atom is -0.470 e. The Morgan fingerprint density at radius 1 is 1.09 bits per heavy atom. The zero-order valence-corrected chi connectivity index (χ0v) is 16.8. The lowest BCUT2D eigenvalue weighted by atomic mass is 10.3. The third-order valence-corrected chi connectivity index (χ3v) is 4.34. The maximum absolute atomic E-state index is 13.1. The highest BCUT2D eigenvalue weighted by atomic mass is 32.2. The van der Waals surface area contributed by atoms with E-state index < -0.39 is 36.6 Å².